The van der Waals surface area contributed by atoms with E-state index in [0.717, 1.165) is 5.69 Å². The molecule has 1 fully saturated rings. The van der Waals surface area contributed by atoms with Gasteiger partial charge in [0.25, 0.3) is 0 Å². The van der Waals surface area contributed by atoms with Crippen molar-refractivity contribution in [3.8, 4) is 0 Å². The summed E-state index contributed by atoms with van der Waals surface area (Å²) in [6.07, 6.45) is 2.62. The number of nitrogens with two attached hydrogens (primary N) is 1. The van der Waals surface area contributed by atoms with Crippen molar-refractivity contribution in [2.24, 2.45) is 11.1 Å². The van der Waals surface area contributed by atoms with Gasteiger partial charge in [0.15, 0.2) is 0 Å². The number of halogens is 1. The fourth-order valence-corrected chi connectivity index (χ4v) is 4.54. The van der Waals surface area contributed by atoms with E-state index in [-0.39, 0.29) is 29.7 Å². The molecule has 3 heterocycles. The number of anilines is 1. The Kier molecular flexibility index (Phi) is 7.42. The largest absolute Gasteiger partial charge is 0.393 e. The van der Waals surface area contributed by atoms with Crippen molar-refractivity contribution in [1.29, 1.82) is 0 Å². The highest BCUT2D eigenvalue weighted by Crippen LogP contribution is 2.30. The second-order valence-corrected chi connectivity index (χ2v) is 9.92. The standard InChI is InChI=1S/C21H24ClN7O5S/c1-12-5-17(28-29(12)9-14-3-2-4-19(22)26-14)20(31)16-8-24-11-25-21(16)27-15-6-13(18(30)7-15)10-34-35(23,32)33/h2-5,8,11,13,15,18,30H,6-7,9-10H2,1H3,(H2,23,32,33)(H,24,25,27)/t13-,15-,18+/m1/s1. The first-order chi connectivity index (χ1) is 16.6. The van der Waals surface area contributed by atoms with Crippen LogP contribution >= 0.6 is 11.6 Å². The van der Waals surface area contributed by atoms with Crippen LogP contribution in [0.1, 0.15) is 40.3 Å². The third-order valence-electron chi connectivity index (χ3n) is 5.70. The minimum absolute atomic E-state index is 0.216. The molecule has 3 aromatic rings. The van der Waals surface area contributed by atoms with Crippen LogP contribution in [0.2, 0.25) is 5.15 Å². The molecule has 0 radical (unpaired) electrons. The zero-order chi connectivity index (χ0) is 25.2. The Morgan fingerprint density at radius 1 is 1.37 bits per heavy atom. The predicted octanol–water partition coefficient (Wildman–Crippen LogP) is 1.08. The van der Waals surface area contributed by atoms with E-state index < -0.39 is 22.3 Å². The summed E-state index contributed by atoms with van der Waals surface area (Å²) in [7, 11) is -4.10. The summed E-state index contributed by atoms with van der Waals surface area (Å²) in [6.45, 7) is 1.95. The first-order valence-corrected chi connectivity index (χ1v) is 12.6. The van der Waals surface area contributed by atoms with Crippen LogP contribution in [-0.2, 0) is 21.0 Å². The predicted molar refractivity (Wildman–Crippen MR) is 126 cm³/mol. The number of hydrogen-bond acceptors (Lipinski definition) is 10. The fraction of sp³-hybridized carbons (Fsp3) is 0.381. The highest BCUT2D eigenvalue weighted by molar-refractivity contribution is 7.84. The summed E-state index contributed by atoms with van der Waals surface area (Å²) < 4.78 is 28.4. The van der Waals surface area contributed by atoms with Crippen LogP contribution < -0.4 is 10.5 Å². The average Bonchev–Trinajstić information content (AvgIpc) is 3.33. The van der Waals surface area contributed by atoms with Gasteiger partial charge in [-0.05, 0) is 38.0 Å². The highest BCUT2D eigenvalue weighted by Gasteiger charge is 2.35. The number of rotatable bonds is 9. The molecular formula is C21H24ClN7O5S. The van der Waals surface area contributed by atoms with Crippen LogP contribution in [0.5, 0.6) is 0 Å². The first-order valence-electron chi connectivity index (χ1n) is 10.7. The second-order valence-electron chi connectivity index (χ2n) is 8.31. The van der Waals surface area contributed by atoms with E-state index in [0.29, 0.717) is 36.1 Å². The van der Waals surface area contributed by atoms with Gasteiger partial charge in [0.1, 0.15) is 23.0 Å². The number of aryl methyl sites for hydroxylation is 1. The molecule has 4 rings (SSSR count). The van der Waals surface area contributed by atoms with Gasteiger partial charge >= 0.3 is 10.3 Å². The fourth-order valence-electron chi connectivity index (χ4n) is 4.00. The molecule has 0 aromatic carbocycles. The molecule has 3 atom stereocenters. The van der Waals surface area contributed by atoms with Gasteiger partial charge in [0.05, 0.1) is 30.5 Å². The summed E-state index contributed by atoms with van der Waals surface area (Å²) in [5.41, 5.74) is 1.90. The van der Waals surface area contributed by atoms with Gasteiger partial charge in [-0.2, -0.15) is 13.5 Å². The smallest absolute Gasteiger partial charge is 0.333 e. The molecule has 35 heavy (non-hydrogen) atoms. The van der Waals surface area contributed by atoms with E-state index in [9.17, 15) is 18.3 Å². The molecule has 0 unspecified atom stereocenters. The molecule has 0 spiro atoms. The number of aromatic nitrogens is 5. The van der Waals surface area contributed by atoms with Gasteiger partial charge in [0.2, 0.25) is 5.78 Å². The molecule has 12 nitrogen and oxygen atoms in total. The topological polar surface area (TPSA) is 175 Å². The highest BCUT2D eigenvalue weighted by atomic mass is 35.5. The van der Waals surface area contributed by atoms with E-state index in [1.165, 1.54) is 12.5 Å². The van der Waals surface area contributed by atoms with E-state index in [1.54, 1.807) is 22.9 Å². The van der Waals surface area contributed by atoms with Gasteiger partial charge in [0, 0.05) is 23.9 Å². The normalized spacial score (nSPS) is 20.2. The SMILES string of the molecule is Cc1cc(C(=O)c2cncnc2N[C@@H]2C[C@H](COS(N)(=O)=O)[C@@H](O)C2)nn1Cc1cccc(Cl)n1. The summed E-state index contributed by atoms with van der Waals surface area (Å²) in [4.78, 5) is 25.7. The lowest BCUT2D eigenvalue weighted by Crippen LogP contribution is -2.24. The van der Waals surface area contributed by atoms with E-state index in [1.807, 2.05) is 13.0 Å². The van der Waals surface area contributed by atoms with Gasteiger partial charge < -0.3 is 10.4 Å². The summed E-state index contributed by atoms with van der Waals surface area (Å²) in [5.74, 6) is -0.522. The maximum absolute atomic E-state index is 13.3. The van der Waals surface area contributed by atoms with Crippen molar-refractivity contribution in [3.63, 3.8) is 0 Å². The molecule has 4 N–H and O–H groups in total. The van der Waals surface area contributed by atoms with Gasteiger partial charge in [-0.15, -0.1) is 0 Å². The van der Waals surface area contributed by atoms with Crippen molar-refractivity contribution in [3.05, 3.63) is 64.6 Å². The minimum atomic E-state index is -4.10. The monoisotopic (exact) mass is 521 g/mol. The maximum atomic E-state index is 13.3. The van der Waals surface area contributed by atoms with Crippen LogP contribution in [0, 0.1) is 12.8 Å². The number of aliphatic hydroxyl groups is 1. The molecule has 186 valence electrons. The third-order valence-corrected chi connectivity index (χ3v) is 6.38. The number of pyridine rings is 1. The molecule has 0 amide bonds. The van der Waals surface area contributed by atoms with E-state index in [4.69, 9.17) is 16.7 Å². The number of carbonyl (C=O) groups is 1. The summed E-state index contributed by atoms with van der Waals surface area (Å²) in [6, 6.07) is 6.69. The second kappa shape index (κ2) is 10.3. The van der Waals surface area contributed by atoms with Crippen molar-refractivity contribution < 1.29 is 22.5 Å². The number of nitrogens with one attached hydrogen (secondary N) is 1. The lowest BCUT2D eigenvalue weighted by Gasteiger charge is -2.15. The van der Waals surface area contributed by atoms with Crippen LogP contribution in [0.25, 0.3) is 0 Å². The van der Waals surface area contributed by atoms with Gasteiger partial charge in [-0.3, -0.25) is 13.7 Å². The number of ketones is 1. The van der Waals surface area contributed by atoms with Crippen LogP contribution in [0.4, 0.5) is 5.82 Å². The van der Waals surface area contributed by atoms with E-state index >= 15 is 0 Å². The van der Waals surface area contributed by atoms with Crippen molar-refractivity contribution >= 4 is 33.5 Å². The van der Waals surface area contributed by atoms with E-state index in [2.05, 4.69) is 29.6 Å². The molecule has 0 saturated heterocycles. The first kappa shape index (κ1) is 25.1. The molecule has 3 aromatic heterocycles. The number of aliphatic hydroxyl groups excluding tert-OH is 1. The Bertz CT molecular complexity index is 1330. The van der Waals surface area contributed by atoms with Crippen molar-refractivity contribution in [2.75, 3.05) is 11.9 Å². The van der Waals surface area contributed by atoms with Crippen LogP contribution in [-0.4, -0.2) is 62.8 Å². The third kappa shape index (κ3) is 6.38. The number of carbonyl (C=O) groups excluding carboxylic acids is 1. The van der Waals surface area contributed by atoms with Crippen LogP contribution in [0.3, 0.4) is 0 Å². The lowest BCUT2D eigenvalue weighted by atomic mass is 10.1. The lowest BCUT2D eigenvalue weighted by molar-refractivity contribution is 0.101. The quantitative estimate of drug-likeness (QED) is 0.273. The Morgan fingerprint density at radius 3 is 2.91 bits per heavy atom. The Hall–Kier alpha value is -2.97. The average molecular weight is 522 g/mol. The molecule has 1 aliphatic carbocycles. The number of nitrogens with zero attached hydrogens (tertiary/aromatic N) is 5. The summed E-state index contributed by atoms with van der Waals surface area (Å²) in [5, 5.41) is 23.1. The van der Waals surface area contributed by atoms with Crippen molar-refractivity contribution in [2.45, 2.75) is 38.5 Å². The molecule has 1 aliphatic rings. The van der Waals surface area contributed by atoms with Crippen LogP contribution in [0.15, 0.2) is 36.8 Å². The Morgan fingerprint density at radius 2 is 2.17 bits per heavy atom. The molecular weight excluding hydrogens is 498 g/mol. The van der Waals surface area contributed by atoms with Gasteiger partial charge in [-0.1, -0.05) is 17.7 Å². The maximum Gasteiger partial charge on any atom is 0.333 e. The van der Waals surface area contributed by atoms with Gasteiger partial charge in [-0.25, -0.2) is 20.1 Å². The molecule has 1 saturated carbocycles. The zero-order valence-corrected chi connectivity index (χ0v) is 20.3. The molecule has 14 heteroatoms. The number of hydrogen-bond donors (Lipinski definition) is 3. The molecule has 0 aliphatic heterocycles. The minimum Gasteiger partial charge on any atom is -0.393 e. The molecule has 0 bridgehead atoms. The van der Waals surface area contributed by atoms with Crippen molar-refractivity contribution in [1.82, 2.24) is 24.7 Å². The summed E-state index contributed by atoms with van der Waals surface area (Å²) >= 11 is 5.96. The Balaban J connectivity index is 1.48. The Labute approximate surface area is 206 Å². The zero-order valence-electron chi connectivity index (χ0n) is 18.7.